The number of ether oxygens (including phenoxy) is 2. The molecular formula is C28H33F3N4O4. The predicted octanol–water partition coefficient (Wildman–Crippen LogP) is 6.31. The fourth-order valence-electron chi connectivity index (χ4n) is 5.60. The molecule has 1 amide bonds. The predicted molar refractivity (Wildman–Crippen MR) is 141 cm³/mol. The first kappa shape index (κ1) is 28.3. The Morgan fingerprint density at radius 2 is 1.85 bits per heavy atom. The van der Waals surface area contributed by atoms with Crippen molar-refractivity contribution in [3.63, 3.8) is 0 Å². The van der Waals surface area contributed by atoms with E-state index in [1.807, 2.05) is 0 Å². The molecule has 1 heterocycles. The molecular weight excluding hydrogens is 513 g/mol. The minimum absolute atomic E-state index is 0.0715. The van der Waals surface area contributed by atoms with Crippen LogP contribution >= 0.6 is 0 Å². The van der Waals surface area contributed by atoms with Crippen molar-refractivity contribution in [3.05, 3.63) is 48.0 Å². The standard InChI is InChI=1S/C28H33F3N4O4/c1-17-12-20(15-27(2,3)14-17)35-23-13-18(25(37)34(4)16-24(36)38-5)6-11-22(23)33-26(35)32-19-7-9-21(10-8-19)39-28(29,30)31/h6-11,13,17,20H,12,14-16H2,1-5H3,(H,32,33)/t17-,20+/m0/s1. The van der Waals surface area contributed by atoms with Gasteiger partial charge in [0.2, 0.25) is 5.95 Å². The average Bonchev–Trinajstić information content (AvgIpc) is 3.19. The Balaban J connectivity index is 1.73. The largest absolute Gasteiger partial charge is 0.573 e. The second kappa shape index (κ2) is 10.8. The Labute approximate surface area is 225 Å². The molecule has 0 aliphatic heterocycles. The van der Waals surface area contributed by atoms with E-state index in [0.717, 1.165) is 24.8 Å². The first-order valence-electron chi connectivity index (χ1n) is 12.7. The van der Waals surface area contributed by atoms with Crippen LogP contribution in [0.3, 0.4) is 0 Å². The SMILES string of the molecule is COC(=O)CN(C)C(=O)c1ccc2nc(Nc3ccc(OC(F)(F)F)cc3)n([C@@H]3C[C@H](C)CC(C)(C)C3)c2c1. The molecule has 0 bridgehead atoms. The van der Waals surface area contributed by atoms with E-state index < -0.39 is 12.3 Å². The van der Waals surface area contributed by atoms with Crippen molar-refractivity contribution >= 4 is 34.5 Å². The molecule has 0 spiro atoms. The second-order valence-corrected chi connectivity index (χ2v) is 11.0. The lowest BCUT2D eigenvalue weighted by atomic mass is 9.70. The van der Waals surface area contributed by atoms with Gasteiger partial charge >= 0.3 is 12.3 Å². The van der Waals surface area contributed by atoms with Crippen LogP contribution in [0.5, 0.6) is 5.75 Å². The lowest BCUT2D eigenvalue weighted by Crippen LogP contribution is -2.32. The molecule has 0 saturated heterocycles. The smallest absolute Gasteiger partial charge is 0.468 e. The molecule has 4 rings (SSSR count). The van der Waals surface area contributed by atoms with Gasteiger partial charge in [0, 0.05) is 24.3 Å². The Hall–Kier alpha value is -3.76. The number of fused-ring (bicyclic) bond motifs is 1. The third kappa shape index (κ3) is 6.82. The van der Waals surface area contributed by atoms with Crippen molar-refractivity contribution in [2.24, 2.45) is 11.3 Å². The topological polar surface area (TPSA) is 85.7 Å². The van der Waals surface area contributed by atoms with Gasteiger partial charge in [-0.3, -0.25) is 9.59 Å². The minimum Gasteiger partial charge on any atom is -0.468 e. The average molecular weight is 547 g/mol. The van der Waals surface area contributed by atoms with Gasteiger partial charge in [-0.2, -0.15) is 0 Å². The molecule has 1 N–H and O–H groups in total. The number of alkyl halides is 3. The Kier molecular flexibility index (Phi) is 7.81. The van der Waals surface area contributed by atoms with E-state index in [1.165, 1.54) is 43.3 Å². The van der Waals surface area contributed by atoms with Gasteiger partial charge in [-0.05, 0) is 73.1 Å². The van der Waals surface area contributed by atoms with Crippen molar-refractivity contribution in [2.45, 2.75) is 52.4 Å². The number of nitrogens with one attached hydrogen (secondary N) is 1. The van der Waals surface area contributed by atoms with Crippen molar-refractivity contribution in [1.29, 1.82) is 0 Å². The number of hydrogen-bond donors (Lipinski definition) is 1. The quantitative estimate of drug-likeness (QED) is 0.350. The zero-order valence-corrected chi connectivity index (χ0v) is 22.6. The summed E-state index contributed by atoms with van der Waals surface area (Å²) in [5.74, 6) is -0.185. The van der Waals surface area contributed by atoms with E-state index in [-0.39, 0.29) is 29.7 Å². The fraction of sp³-hybridized carbons (Fsp3) is 0.464. The summed E-state index contributed by atoms with van der Waals surface area (Å²) in [5, 5.41) is 3.26. The van der Waals surface area contributed by atoms with E-state index >= 15 is 0 Å². The van der Waals surface area contributed by atoms with E-state index in [0.29, 0.717) is 28.6 Å². The number of methoxy groups -OCH3 is 1. The van der Waals surface area contributed by atoms with Crippen LogP contribution in [0.15, 0.2) is 42.5 Å². The number of anilines is 2. The molecule has 11 heteroatoms. The summed E-state index contributed by atoms with van der Waals surface area (Å²) in [6.07, 6.45) is -1.90. The van der Waals surface area contributed by atoms with Gasteiger partial charge in [-0.25, -0.2) is 4.98 Å². The molecule has 0 unspecified atom stereocenters. The molecule has 1 fully saturated rings. The van der Waals surface area contributed by atoms with Crippen LogP contribution in [0.4, 0.5) is 24.8 Å². The van der Waals surface area contributed by atoms with Crippen molar-refractivity contribution in [3.8, 4) is 5.75 Å². The number of imidazole rings is 1. The summed E-state index contributed by atoms with van der Waals surface area (Å²) in [4.78, 5) is 30.9. The highest BCUT2D eigenvalue weighted by molar-refractivity contribution is 5.99. The van der Waals surface area contributed by atoms with Gasteiger partial charge in [-0.1, -0.05) is 20.8 Å². The van der Waals surface area contributed by atoms with Gasteiger partial charge in [0.15, 0.2) is 0 Å². The highest BCUT2D eigenvalue weighted by Gasteiger charge is 2.35. The third-order valence-corrected chi connectivity index (χ3v) is 6.95. The van der Waals surface area contributed by atoms with Crippen LogP contribution in [0.1, 0.15) is 56.4 Å². The number of halogens is 3. The van der Waals surface area contributed by atoms with Gasteiger partial charge in [0.25, 0.3) is 5.91 Å². The Morgan fingerprint density at radius 3 is 2.46 bits per heavy atom. The van der Waals surface area contributed by atoms with Crippen LogP contribution in [0.2, 0.25) is 0 Å². The lowest BCUT2D eigenvalue weighted by molar-refractivity contribution is -0.274. The molecule has 0 radical (unpaired) electrons. The molecule has 2 aromatic carbocycles. The Bertz CT molecular complexity index is 1350. The van der Waals surface area contributed by atoms with Crippen molar-refractivity contribution in [1.82, 2.24) is 14.5 Å². The summed E-state index contributed by atoms with van der Waals surface area (Å²) < 4.78 is 48.5. The van der Waals surface area contributed by atoms with Gasteiger partial charge in [0.05, 0.1) is 18.1 Å². The van der Waals surface area contributed by atoms with Gasteiger partial charge in [-0.15, -0.1) is 13.2 Å². The van der Waals surface area contributed by atoms with E-state index in [2.05, 4.69) is 40.1 Å². The number of amides is 1. The van der Waals surface area contributed by atoms with Gasteiger partial charge in [0.1, 0.15) is 12.3 Å². The number of hydrogen-bond acceptors (Lipinski definition) is 6. The van der Waals surface area contributed by atoms with Crippen LogP contribution in [-0.4, -0.2) is 53.4 Å². The third-order valence-electron chi connectivity index (χ3n) is 6.95. The number of likely N-dealkylation sites (N-methyl/N-ethyl adjacent to an activating group) is 1. The molecule has 8 nitrogen and oxygen atoms in total. The van der Waals surface area contributed by atoms with Crippen molar-refractivity contribution < 1.29 is 32.2 Å². The van der Waals surface area contributed by atoms with Crippen LogP contribution in [0, 0.1) is 11.3 Å². The molecule has 1 aliphatic carbocycles. The summed E-state index contributed by atoms with van der Waals surface area (Å²) in [6.45, 7) is 6.51. The van der Waals surface area contributed by atoms with Crippen LogP contribution < -0.4 is 10.1 Å². The van der Waals surface area contributed by atoms with E-state index in [4.69, 9.17) is 4.98 Å². The zero-order valence-electron chi connectivity index (χ0n) is 22.6. The number of carbonyl (C=O) groups excluding carboxylic acids is 2. The number of rotatable bonds is 7. The lowest BCUT2D eigenvalue weighted by Gasteiger charge is -2.40. The molecule has 1 aromatic heterocycles. The molecule has 1 saturated carbocycles. The number of carbonyl (C=O) groups is 2. The number of nitrogens with zero attached hydrogens (tertiary/aromatic N) is 3. The molecule has 2 atom stereocenters. The molecule has 1 aliphatic rings. The fourth-order valence-corrected chi connectivity index (χ4v) is 5.60. The highest BCUT2D eigenvalue weighted by atomic mass is 19.4. The first-order valence-corrected chi connectivity index (χ1v) is 12.7. The number of esters is 1. The van der Waals surface area contributed by atoms with Crippen LogP contribution in [0.25, 0.3) is 11.0 Å². The zero-order chi connectivity index (χ0) is 28.5. The number of benzene rings is 2. The van der Waals surface area contributed by atoms with E-state index in [9.17, 15) is 22.8 Å². The maximum absolute atomic E-state index is 13.1. The summed E-state index contributed by atoms with van der Waals surface area (Å²) in [6, 6.07) is 10.7. The summed E-state index contributed by atoms with van der Waals surface area (Å²) in [5.41, 5.74) is 2.44. The number of aromatic nitrogens is 2. The molecule has 39 heavy (non-hydrogen) atoms. The van der Waals surface area contributed by atoms with Gasteiger partial charge < -0.3 is 24.3 Å². The van der Waals surface area contributed by atoms with Crippen molar-refractivity contribution in [2.75, 3.05) is 26.0 Å². The maximum atomic E-state index is 13.1. The first-order chi connectivity index (χ1) is 18.2. The van der Waals surface area contributed by atoms with E-state index in [1.54, 1.807) is 18.2 Å². The Morgan fingerprint density at radius 1 is 1.15 bits per heavy atom. The van der Waals surface area contributed by atoms with Crippen LogP contribution in [-0.2, 0) is 9.53 Å². The highest BCUT2D eigenvalue weighted by Crippen LogP contribution is 2.46. The minimum atomic E-state index is -4.77. The monoisotopic (exact) mass is 546 g/mol. The maximum Gasteiger partial charge on any atom is 0.573 e. The molecule has 3 aromatic rings. The second-order valence-electron chi connectivity index (χ2n) is 11.0. The summed E-state index contributed by atoms with van der Waals surface area (Å²) >= 11 is 0. The normalized spacial score (nSPS) is 19.0. The molecule has 210 valence electrons. The summed E-state index contributed by atoms with van der Waals surface area (Å²) in [7, 11) is 2.80.